The van der Waals surface area contributed by atoms with E-state index in [1.165, 1.54) is 20.3 Å². The highest BCUT2D eigenvalue weighted by atomic mass is 35.5. The minimum absolute atomic E-state index is 0.141. The van der Waals surface area contributed by atoms with Gasteiger partial charge in [0.2, 0.25) is 0 Å². The summed E-state index contributed by atoms with van der Waals surface area (Å²) in [7, 11) is 3.02. The van der Waals surface area contributed by atoms with Gasteiger partial charge < -0.3 is 29.3 Å². The zero-order chi connectivity index (χ0) is 31.3. The molecule has 3 aromatic rings. The molecule has 10 heteroatoms. The summed E-state index contributed by atoms with van der Waals surface area (Å²) in [6.07, 6.45) is -0.0429. The van der Waals surface area contributed by atoms with E-state index < -0.39 is 29.5 Å². The number of carbonyl (C=O) groups is 3. The Labute approximate surface area is 255 Å². The Morgan fingerprint density at radius 2 is 1.79 bits per heavy atom. The maximum absolute atomic E-state index is 14.3. The second-order valence-corrected chi connectivity index (χ2v) is 11.4. The maximum Gasteiger partial charge on any atom is 0.328 e. The predicted octanol–water partition coefficient (Wildman–Crippen LogP) is 5.57. The number of benzene rings is 3. The topological polar surface area (TPSA) is 123 Å². The van der Waals surface area contributed by atoms with Gasteiger partial charge in [-0.25, -0.2) is 4.79 Å². The van der Waals surface area contributed by atoms with Gasteiger partial charge in [-0.05, 0) is 42.0 Å². The number of fused-ring (bicyclic) bond motifs is 1. The zero-order valence-corrected chi connectivity index (χ0v) is 25.1. The van der Waals surface area contributed by atoms with Crippen LogP contribution < -0.4 is 14.4 Å². The first-order valence-corrected chi connectivity index (χ1v) is 14.0. The van der Waals surface area contributed by atoms with Crippen LogP contribution in [-0.2, 0) is 14.3 Å². The van der Waals surface area contributed by atoms with E-state index in [-0.39, 0.29) is 25.4 Å². The first-order chi connectivity index (χ1) is 20.5. The smallest absolute Gasteiger partial charge is 0.328 e. The highest BCUT2D eigenvalue weighted by Crippen LogP contribution is 2.45. The van der Waals surface area contributed by atoms with Gasteiger partial charge in [0.1, 0.15) is 12.2 Å². The number of hydrogen-bond donors (Lipinski definition) is 2. The highest BCUT2D eigenvalue weighted by Gasteiger charge is 2.40. The zero-order valence-electron chi connectivity index (χ0n) is 24.4. The van der Waals surface area contributed by atoms with Crippen LogP contribution in [0.25, 0.3) is 6.08 Å². The van der Waals surface area contributed by atoms with Crippen LogP contribution >= 0.6 is 11.6 Å². The van der Waals surface area contributed by atoms with Crippen LogP contribution in [0, 0.1) is 5.41 Å². The van der Waals surface area contributed by atoms with Crippen LogP contribution in [0.5, 0.6) is 11.5 Å². The first kappa shape index (κ1) is 31.7. The number of nitrogens with zero attached hydrogens (tertiary/aromatic N) is 1. The van der Waals surface area contributed by atoms with E-state index >= 15 is 0 Å². The predicted molar refractivity (Wildman–Crippen MR) is 163 cm³/mol. The summed E-state index contributed by atoms with van der Waals surface area (Å²) < 4.78 is 17.8. The highest BCUT2D eigenvalue weighted by molar-refractivity contribution is 6.30. The Balaban J connectivity index is 1.84. The van der Waals surface area contributed by atoms with Crippen LogP contribution in [0.1, 0.15) is 53.4 Å². The van der Waals surface area contributed by atoms with E-state index in [2.05, 4.69) is 0 Å². The fourth-order valence-electron chi connectivity index (χ4n) is 4.97. The molecule has 1 amide bonds. The lowest BCUT2D eigenvalue weighted by atomic mass is 9.92. The van der Waals surface area contributed by atoms with Crippen molar-refractivity contribution in [2.45, 2.75) is 32.5 Å². The van der Waals surface area contributed by atoms with Crippen molar-refractivity contribution in [3.05, 3.63) is 94.0 Å². The quantitative estimate of drug-likeness (QED) is 0.214. The van der Waals surface area contributed by atoms with E-state index in [9.17, 15) is 19.5 Å². The number of Topliss-reactive ketones (excluding diaryl/α,β-unsaturated/α-hetero) is 1. The molecule has 3 aromatic carbocycles. The van der Waals surface area contributed by atoms with Crippen molar-refractivity contribution < 1.29 is 38.8 Å². The molecule has 2 atom stereocenters. The SMILES string of the molecule is COc1cccc([C@H]2O[C@H](CC(=O)c3cccc(C=CC(=O)O)c3)C(=O)N(CC(C)(C)CO)c3ccc(Cl)cc32)c1OC. The molecule has 1 aliphatic rings. The number of aliphatic hydroxyl groups is 1. The normalized spacial score (nSPS) is 17.0. The fourth-order valence-corrected chi connectivity index (χ4v) is 5.16. The Bertz CT molecular complexity index is 1550. The molecule has 9 nitrogen and oxygen atoms in total. The van der Waals surface area contributed by atoms with Crippen LogP contribution in [0.4, 0.5) is 5.69 Å². The largest absolute Gasteiger partial charge is 0.493 e. The number of carboxylic acid groups (broad SMARTS) is 1. The van der Waals surface area contributed by atoms with Crippen molar-refractivity contribution in [3.63, 3.8) is 0 Å². The number of amides is 1. The van der Waals surface area contributed by atoms with E-state index in [1.54, 1.807) is 65.6 Å². The molecule has 0 aromatic heterocycles. The molecular formula is C33H34ClNO8. The molecule has 0 spiro atoms. The number of ketones is 1. The summed E-state index contributed by atoms with van der Waals surface area (Å²) >= 11 is 6.47. The first-order valence-electron chi connectivity index (χ1n) is 13.6. The van der Waals surface area contributed by atoms with Gasteiger partial charge in [-0.15, -0.1) is 0 Å². The lowest BCUT2D eigenvalue weighted by Gasteiger charge is -2.32. The summed E-state index contributed by atoms with van der Waals surface area (Å²) in [6, 6.07) is 16.9. The van der Waals surface area contributed by atoms with Crippen LogP contribution in [0.2, 0.25) is 5.02 Å². The Morgan fingerprint density at radius 1 is 1.05 bits per heavy atom. The third-order valence-corrected chi connectivity index (χ3v) is 7.37. The Hall–Kier alpha value is -4.18. The third kappa shape index (κ3) is 7.25. The van der Waals surface area contributed by atoms with Crippen LogP contribution in [0.15, 0.2) is 66.7 Å². The summed E-state index contributed by atoms with van der Waals surface area (Å²) in [5.74, 6) is -1.07. The molecule has 0 aliphatic carbocycles. The van der Waals surface area contributed by atoms with Crippen molar-refractivity contribution in [2.24, 2.45) is 5.41 Å². The van der Waals surface area contributed by atoms with Gasteiger partial charge in [0.25, 0.3) is 5.91 Å². The number of aliphatic carboxylic acids is 1. The average molecular weight is 608 g/mol. The molecular weight excluding hydrogens is 574 g/mol. The van der Waals surface area contributed by atoms with Crippen molar-refractivity contribution in [2.75, 3.05) is 32.3 Å². The molecule has 1 aliphatic heterocycles. The van der Waals surface area contributed by atoms with Gasteiger partial charge in [0.05, 0.1) is 14.2 Å². The molecule has 4 rings (SSSR count). The van der Waals surface area contributed by atoms with Gasteiger partial charge in [0, 0.05) is 58.5 Å². The van der Waals surface area contributed by atoms with Crippen LogP contribution in [0.3, 0.4) is 0 Å². The Kier molecular flexibility index (Phi) is 9.91. The molecule has 0 radical (unpaired) electrons. The monoisotopic (exact) mass is 607 g/mol. The number of hydrogen-bond acceptors (Lipinski definition) is 7. The van der Waals surface area contributed by atoms with E-state index in [0.29, 0.717) is 44.5 Å². The number of anilines is 1. The van der Waals surface area contributed by atoms with E-state index in [0.717, 1.165) is 6.08 Å². The summed E-state index contributed by atoms with van der Waals surface area (Å²) in [4.78, 5) is 40.4. The molecule has 0 saturated carbocycles. The number of methoxy groups -OCH3 is 2. The van der Waals surface area contributed by atoms with E-state index in [4.69, 9.17) is 30.9 Å². The van der Waals surface area contributed by atoms with Gasteiger partial charge >= 0.3 is 5.97 Å². The number of rotatable bonds is 11. The minimum Gasteiger partial charge on any atom is -0.493 e. The number of ether oxygens (including phenoxy) is 3. The molecule has 0 fully saturated rings. The molecule has 0 unspecified atom stereocenters. The van der Waals surface area contributed by atoms with Crippen LogP contribution in [-0.4, -0.2) is 61.3 Å². The molecule has 226 valence electrons. The summed E-state index contributed by atoms with van der Waals surface area (Å²) in [6.45, 7) is 3.62. The minimum atomic E-state index is -1.23. The number of halogens is 1. The molecule has 43 heavy (non-hydrogen) atoms. The lowest BCUT2D eigenvalue weighted by Crippen LogP contribution is -2.45. The number of aliphatic hydroxyl groups excluding tert-OH is 1. The van der Waals surface area contributed by atoms with Gasteiger partial charge in [-0.2, -0.15) is 0 Å². The second kappa shape index (κ2) is 13.4. The second-order valence-electron chi connectivity index (χ2n) is 11.0. The van der Waals surface area contributed by atoms with E-state index in [1.807, 2.05) is 13.8 Å². The van der Waals surface area contributed by atoms with Gasteiger partial charge in [-0.3, -0.25) is 9.59 Å². The number of para-hydroxylation sites is 1. The number of carboxylic acids is 1. The van der Waals surface area contributed by atoms with Crippen molar-refractivity contribution in [3.8, 4) is 11.5 Å². The molecule has 2 N–H and O–H groups in total. The van der Waals surface area contributed by atoms with Gasteiger partial charge in [0.15, 0.2) is 17.3 Å². The fraction of sp³-hybridized carbons (Fsp3) is 0.303. The summed E-state index contributed by atoms with van der Waals surface area (Å²) in [5.41, 5.74) is 1.82. The van der Waals surface area contributed by atoms with Crippen molar-refractivity contribution >= 4 is 41.0 Å². The average Bonchev–Trinajstić information content (AvgIpc) is 3.09. The lowest BCUT2D eigenvalue weighted by molar-refractivity contribution is -0.132. The van der Waals surface area contributed by atoms with Gasteiger partial charge in [-0.1, -0.05) is 55.8 Å². The van der Waals surface area contributed by atoms with Crippen molar-refractivity contribution in [1.82, 2.24) is 0 Å². The standard InChI is InChI=1S/C33H34ClNO8/c1-33(2,19-36)18-35-25-13-12-22(34)16-24(25)30(23-9-6-10-27(41-3)31(23)42-4)43-28(32(35)40)17-26(37)21-8-5-7-20(15-21)11-14-29(38)39/h5-16,28,30,36H,17-19H2,1-4H3,(H,38,39)/t28-,30-/m1/s1. The number of carbonyl (C=O) groups excluding carboxylic acids is 2. The summed E-state index contributed by atoms with van der Waals surface area (Å²) in [5, 5.41) is 19.5. The third-order valence-electron chi connectivity index (χ3n) is 7.13. The Morgan fingerprint density at radius 3 is 2.47 bits per heavy atom. The van der Waals surface area contributed by atoms with Crippen molar-refractivity contribution in [1.29, 1.82) is 0 Å². The molecule has 1 heterocycles. The molecule has 0 saturated heterocycles. The maximum atomic E-state index is 14.3. The molecule has 0 bridgehead atoms.